The molecule has 0 saturated carbocycles. The van der Waals surface area contributed by atoms with E-state index in [1.165, 1.54) is 6.33 Å². The zero-order valence-electron chi connectivity index (χ0n) is 15.5. The third-order valence-electron chi connectivity index (χ3n) is 4.75. The highest BCUT2D eigenvalue weighted by atomic mass is 16.5. The van der Waals surface area contributed by atoms with Gasteiger partial charge in [-0.3, -0.25) is 9.59 Å². The molecule has 0 radical (unpaired) electrons. The van der Waals surface area contributed by atoms with Gasteiger partial charge in [0.05, 0.1) is 6.42 Å². The summed E-state index contributed by atoms with van der Waals surface area (Å²) in [6, 6.07) is 1.81. The molecule has 0 unspecified atom stereocenters. The molecule has 0 aliphatic rings. The number of aryl methyl sites for hydroxylation is 3. The Hall–Kier alpha value is -3.03. The fraction of sp³-hybridized carbons (Fsp3) is 0.389. The van der Waals surface area contributed by atoms with Crippen molar-refractivity contribution in [3.63, 3.8) is 0 Å². The summed E-state index contributed by atoms with van der Waals surface area (Å²) < 4.78 is 8.71. The number of aromatic nitrogens is 5. The van der Waals surface area contributed by atoms with E-state index in [9.17, 15) is 9.59 Å². The van der Waals surface area contributed by atoms with Gasteiger partial charge < -0.3 is 9.30 Å². The van der Waals surface area contributed by atoms with Crippen LogP contribution in [0.25, 0.3) is 5.78 Å². The van der Waals surface area contributed by atoms with Crippen LogP contribution in [0.15, 0.2) is 12.4 Å². The van der Waals surface area contributed by atoms with Gasteiger partial charge in [0, 0.05) is 41.0 Å². The van der Waals surface area contributed by atoms with Gasteiger partial charge in [-0.2, -0.15) is 10.1 Å². The quantitative estimate of drug-likeness (QED) is 0.511. The Balaban J connectivity index is 1.70. The van der Waals surface area contributed by atoms with Crippen molar-refractivity contribution in [2.75, 3.05) is 6.61 Å². The lowest BCUT2D eigenvalue weighted by atomic mass is 10.1. The molecule has 0 aliphatic carbocycles. The number of hydrogen-bond acceptors (Lipinski definition) is 6. The van der Waals surface area contributed by atoms with E-state index in [4.69, 9.17) is 4.74 Å². The Kier molecular flexibility index (Phi) is 4.58. The number of esters is 1. The van der Waals surface area contributed by atoms with E-state index in [0.717, 1.165) is 22.6 Å². The number of Topliss-reactive ketones (excluding diaryl/α,β-unsaturated/α-hetero) is 1. The van der Waals surface area contributed by atoms with E-state index in [0.29, 0.717) is 17.0 Å². The van der Waals surface area contributed by atoms with Crippen LogP contribution in [0.2, 0.25) is 0 Å². The van der Waals surface area contributed by atoms with Crippen molar-refractivity contribution in [3.05, 3.63) is 46.3 Å². The molecule has 0 aromatic carbocycles. The summed E-state index contributed by atoms with van der Waals surface area (Å²) in [6.45, 7) is 7.18. The number of fused-ring (bicyclic) bond motifs is 1. The molecule has 3 rings (SSSR count). The zero-order valence-corrected chi connectivity index (χ0v) is 15.5. The first-order chi connectivity index (χ1) is 12.3. The summed E-state index contributed by atoms with van der Waals surface area (Å²) >= 11 is 0. The van der Waals surface area contributed by atoms with Gasteiger partial charge in [0.15, 0.2) is 6.61 Å². The summed E-state index contributed by atoms with van der Waals surface area (Å²) in [5.74, 6) is -0.198. The van der Waals surface area contributed by atoms with Gasteiger partial charge in [0.25, 0.3) is 5.78 Å². The van der Waals surface area contributed by atoms with Crippen LogP contribution in [0.5, 0.6) is 0 Å². The molecule has 0 saturated heterocycles. The van der Waals surface area contributed by atoms with Crippen molar-refractivity contribution in [1.29, 1.82) is 0 Å². The van der Waals surface area contributed by atoms with Crippen LogP contribution < -0.4 is 0 Å². The molecule has 0 spiro atoms. The highest BCUT2D eigenvalue weighted by molar-refractivity contribution is 5.99. The summed E-state index contributed by atoms with van der Waals surface area (Å²) in [4.78, 5) is 32.9. The van der Waals surface area contributed by atoms with Gasteiger partial charge in [-0.15, -0.1) is 0 Å². The van der Waals surface area contributed by atoms with Crippen molar-refractivity contribution in [3.8, 4) is 0 Å². The van der Waals surface area contributed by atoms with E-state index < -0.39 is 5.97 Å². The minimum Gasteiger partial charge on any atom is -0.457 e. The van der Waals surface area contributed by atoms with Crippen molar-refractivity contribution < 1.29 is 14.3 Å². The number of hydrogen-bond donors (Lipinski definition) is 0. The molecule has 0 atom stereocenters. The van der Waals surface area contributed by atoms with Crippen LogP contribution in [0, 0.1) is 27.7 Å². The van der Waals surface area contributed by atoms with Gasteiger partial charge in [0.2, 0.25) is 5.78 Å². The van der Waals surface area contributed by atoms with E-state index >= 15 is 0 Å². The van der Waals surface area contributed by atoms with E-state index in [2.05, 4.69) is 15.1 Å². The van der Waals surface area contributed by atoms with Gasteiger partial charge in [-0.1, -0.05) is 0 Å². The molecular weight excluding hydrogens is 334 g/mol. The molecule has 0 aliphatic heterocycles. The number of rotatable bonds is 5. The highest BCUT2D eigenvalue weighted by Gasteiger charge is 2.18. The van der Waals surface area contributed by atoms with E-state index in [-0.39, 0.29) is 18.8 Å². The third kappa shape index (κ3) is 3.10. The average molecular weight is 355 g/mol. The van der Waals surface area contributed by atoms with Crippen molar-refractivity contribution in [2.45, 2.75) is 34.1 Å². The van der Waals surface area contributed by atoms with Crippen molar-refractivity contribution >= 4 is 17.5 Å². The summed E-state index contributed by atoms with van der Waals surface area (Å²) in [7, 11) is 1.90. The van der Waals surface area contributed by atoms with Crippen LogP contribution in [0.1, 0.15) is 38.7 Å². The SMILES string of the molecule is Cc1nc2ncnn2c(C)c1CC(=O)OCC(=O)c1cc(C)n(C)c1C. The minimum atomic E-state index is -0.476. The Morgan fingerprint density at radius 3 is 2.54 bits per heavy atom. The third-order valence-corrected chi connectivity index (χ3v) is 4.75. The maximum absolute atomic E-state index is 12.3. The molecule has 3 aromatic heterocycles. The van der Waals surface area contributed by atoms with Gasteiger partial charge >= 0.3 is 5.97 Å². The Morgan fingerprint density at radius 1 is 1.15 bits per heavy atom. The summed E-state index contributed by atoms with van der Waals surface area (Å²) in [5, 5.41) is 4.10. The van der Waals surface area contributed by atoms with E-state index in [1.54, 1.807) is 4.52 Å². The molecule has 8 nitrogen and oxygen atoms in total. The van der Waals surface area contributed by atoms with Gasteiger partial charge in [-0.25, -0.2) is 9.50 Å². The molecule has 0 fully saturated rings. The normalized spacial score (nSPS) is 11.1. The second-order valence-electron chi connectivity index (χ2n) is 6.34. The predicted octanol–water partition coefficient (Wildman–Crippen LogP) is 1.67. The predicted molar refractivity (Wildman–Crippen MR) is 94.1 cm³/mol. The van der Waals surface area contributed by atoms with Crippen molar-refractivity contribution in [1.82, 2.24) is 24.1 Å². The molecule has 0 amide bonds. The molecule has 3 aromatic rings. The van der Waals surface area contributed by atoms with Crippen LogP contribution in [0.3, 0.4) is 0 Å². The standard InChI is InChI=1S/C18H21N5O3/c1-10-6-15(12(3)22(10)5)16(24)8-26-17(25)7-14-11(2)21-18-19-9-20-23(18)13(14)4/h6,9H,7-8H2,1-5H3. The smallest absolute Gasteiger partial charge is 0.310 e. The number of carbonyl (C=O) groups excluding carboxylic acids is 2. The Morgan fingerprint density at radius 2 is 1.88 bits per heavy atom. The van der Waals surface area contributed by atoms with Gasteiger partial charge in [-0.05, 0) is 33.8 Å². The number of nitrogens with zero attached hydrogens (tertiary/aromatic N) is 5. The lowest BCUT2D eigenvalue weighted by Gasteiger charge is -2.10. The first kappa shape index (κ1) is 17.8. The van der Waals surface area contributed by atoms with Crippen LogP contribution >= 0.6 is 0 Å². The second-order valence-corrected chi connectivity index (χ2v) is 6.34. The average Bonchev–Trinajstić information content (AvgIpc) is 3.16. The van der Waals surface area contributed by atoms with Gasteiger partial charge in [0.1, 0.15) is 6.33 Å². The maximum Gasteiger partial charge on any atom is 0.310 e. The number of ether oxygens (including phenoxy) is 1. The minimum absolute atomic E-state index is 0.0283. The first-order valence-corrected chi connectivity index (χ1v) is 8.27. The van der Waals surface area contributed by atoms with Crippen LogP contribution in [-0.2, 0) is 23.0 Å². The van der Waals surface area contributed by atoms with E-state index in [1.807, 2.05) is 45.4 Å². The lowest BCUT2D eigenvalue weighted by molar-refractivity contribution is -0.141. The zero-order chi connectivity index (χ0) is 19.0. The van der Waals surface area contributed by atoms with Crippen LogP contribution in [-0.4, -0.2) is 42.5 Å². The van der Waals surface area contributed by atoms with Crippen LogP contribution in [0.4, 0.5) is 0 Å². The fourth-order valence-electron chi connectivity index (χ4n) is 2.97. The largest absolute Gasteiger partial charge is 0.457 e. The summed E-state index contributed by atoms with van der Waals surface area (Å²) in [5.41, 5.74) is 4.62. The van der Waals surface area contributed by atoms with Crippen molar-refractivity contribution in [2.24, 2.45) is 7.05 Å². The second kappa shape index (κ2) is 6.70. The fourth-order valence-corrected chi connectivity index (χ4v) is 2.97. The molecule has 0 N–H and O–H groups in total. The number of ketones is 1. The molecule has 136 valence electrons. The molecule has 8 heteroatoms. The number of carbonyl (C=O) groups is 2. The highest BCUT2D eigenvalue weighted by Crippen LogP contribution is 2.16. The molecule has 3 heterocycles. The maximum atomic E-state index is 12.3. The Labute approximate surface area is 150 Å². The Bertz CT molecular complexity index is 1020. The molecule has 26 heavy (non-hydrogen) atoms. The monoisotopic (exact) mass is 355 g/mol. The first-order valence-electron chi connectivity index (χ1n) is 8.27. The summed E-state index contributed by atoms with van der Waals surface area (Å²) in [6.07, 6.45) is 1.44. The molecule has 0 bridgehead atoms. The lowest BCUT2D eigenvalue weighted by Crippen LogP contribution is -2.18. The topological polar surface area (TPSA) is 91.4 Å². The molecular formula is C18H21N5O3.